The number of nitrogens with one attached hydrogen (secondary N) is 1. The van der Waals surface area contributed by atoms with E-state index in [0.717, 1.165) is 5.56 Å². The Balaban J connectivity index is 0.00000176. The number of carbonyl (C=O) groups is 1. The first-order valence-electron chi connectivity index (χ1n) is 8.18. The molecule has 0 aliphatic carbocycles. The van der Waals surface area contributed by atoms with Gasteiger partial charge in [-0.05, 0) is 38.5 Å². The zero-order valence-electron chi connectivity index (χ0n) is 15.9. The van der Waals surface area contributed by atoms with Gasteiger partial charge in [-0.2, -0.15) is 0 Å². The van der Waals surface area contributed by atoms with Crippen LogP contribution in [0.3, 0.4) is 0 Å². The third kappa shape index (κ3) is 6.51. The van der Waals surface area contributed by atoms with Gasteiger partial charge in [0.25, 0.3) is 5.91 Å². The Morgan fingerprint density at radius 1 is 1.37 bits per heavy atom. The molecule has 2 rings (SSSR count). The number of hydrogen-bond donors (Lipinski definition) is 1. The lowest BCUT2D eigenvalue weighted by molar-refractivity contribution is 0.0944. The monoisotopic (exact) mass is 370 g/mol. The Hall–Kier alpha value is -3.27. The Labute approximate surface area is 158 Å². The molecule has 0 saturated carbocycles. The summed E-state index contributed by atoms with van der Waals surface area (Å²) in [6, 6.07) is 5.73. The van der Waals surface area contributed by atoms with Crippen molar-refractivity contribution in [3.63, 3.8) is 0 Å². The summed E-state index contributed by atoms with van der Waals surface area (Å²) in [4.78, 5) is 24.9. The highest BCUT2D eigenvalue weighted by Crippen LogP contribution is 2.07. The minimum atomic E-state index is -0.452. The van der Waals surface area contributed by atoms with E-state index in [-0.39, 0.29) is 18.3 Å². The molecule has 0 saturated heterocycles. The second kappa shape index (κ2) is 10.7. The van der Waals surface area contributed by atoms with Crippen molar-refractivity contribution in [2.45, 2.75) is 33.4 Å². The summed E-state index contributed by atoms with van der Waals surface area (Å²) in [6.45, 7) is 5.53. The van der Waals surface area contributed by atoms with Gasteiger partial charge in [-0.25, -0.2) is 19.4 Å². The number of amides is 1. The van der Waals surface area contributed by atoms with E-state index in [1.165, 1.54) is 25.4 Å². The van der Waals surface area contributed by atoms with E-state index in [2.05, 4.69) is 33.1 Å². The van der Waals surface area contributed by atoms with Crippen molar-refractivity contribution in [3.8, 4) is 12.8 Å². The molecule has 142 valence electrons. The van der Waals surface area contributed by atoms with E-state index in [1.54, 1.807) is 32.9 Å². The van der Waals surface area contributed by atoms with Crippen LogP contribution in [0.2, 0.25) is 0 Å². The molecule has 1 unspecified atom stereocenters. The number of benzene rings is 1. The van der Waals surface area contributed by atoms with Gasteiger partial charge in [0.05, 0.1) is 24.9 Å². The van der Waals surface area contributed by atoms with Crippen LogP contribution in [0.25, 0.3) is 0 Å². The largest absolute Gasteiger partial charge is 0.483 e. The number of hydrogen-bond acceptors (Lipinski definition) is 5. The molecule has 2 aromatic rings. The van der Waals surface area contributed by atoms with Crippen LogP contribution in [0, 0.1) is 32.5 Å². The summed E-state index contributed by atoms with van der Waals surface area (Å²) < 4.78 is 18.5. The summed E-state index contributed by atoms with van der Waals surface area (Å²) in [7, 11) is 1.48. The fourth-order valence-corrected chi connectivity index (χ4v) is 2.33. The normalized spacial score (nSPS) is 11.7. The molecule has 1 N–H and O–H groups in total. The van der Waals surface area contributed by atoms with Crippen LogP contribution in [0.4, 0.5) is 4.39 Å². The van der Waals surface area contributed by atoms with E-state index in [9.17, 15) is 9.18 Å². The number of nitrogens with zero attached hydrogens (tertiary/aromatic N) is 3. The minimum absolute atomic E-state index is 0.258. The first kappa shape index (κ1) is 21.8. The summed E-state index contributed by atoms with van der Waals surface area (Å²) >= 11 is 0. The van der Waals surface area contributed by atoms with Gasteiger partial charge in [0.15, 0.2) is 0 Å². The van der Waals surface area contributed by atoms with Crippen molar-refractivity contribution in [2.75, 3.05) is 7.11 Å². The molecule has 1 aromatic carbocycles. The lowest BCUT2D eigenvalue weighted by Crippen LogP contribution is -2.39. The van der Waals surface area contributed by atoms with Gasteiger partial charge in [0.2, 0.25) is 5.90 Å². The maximum absolute atomic E-state index is 13.2. The summed E-state index contributed by atoms with van der Waals surface area (Å²) in [6.07, 6.45) is 9.50. The first-order valence-corrected chi connectivity index (χ1v) is 8.18. The SMILES string of the molecule is C#C.COC(=NCc1cccc(F)c1)C(C)NC(=O)c1cnc(C)nc1C. The number of methoxy groups -OCH3 is 1. The Morgan fingerprint density at radius 2 is 2.07 bits per heavy atom. The molecule has 1 aromatic heterocycles. The predicted octanol–water partition coefficient (Wildman–Crippen LogP) is 2.85. The van der Waals surface area contributed by atoms with Crippen molar-refractivity contribution >= 4 is 11.8 Å². The standard InChI is InChI=1S/C18H21FN4O2.C2H2/c1-11-16(10-20-13(3)22-11)17(24)23-12(2)18(25-4)21-9-14-6-5-7-15(19)8-14;1-2/h5-8,10,12H,9H2,1-4H3,(H,23,24);1-2H. The number of aryl methyl sites for hydroxylation is 2. The average molecular weight is 370 g/mol. The van der Waals surface area contributed by atoms with Crippen molar-refractivity contribution in [3.05, 3.63) is 58.9 Å². The topological polar surface area (TPSA) is 76.5 Å². The number of aliphatic imine (C=N–C) groups is 1. The van der Waals surface area contributed by atoms with Gasteiger partial charge in [-0.3, -0.25) is 4.79 Å². The van der Waals surface area contributed by atoms with Crippen molar-refractivity contribution in [1.82, 2.24) is 15.3 Å². The molecular formula is C20H23FN4O2. The highest BCUT2D eigenvalue weighted by Gasteiger charge is 2.17. The maximum Gasteiger partial charge on any atom is 0.255 e. The van der Waals surface area contributed by atoms with Crippen molar-refractivity contribution < 1.29 is 13.9 Å². The number of carbonyl (C=O) groups excluding carboxylic acids is 1. The van der Waals surface area contributed by atoms with Crippen molar-refractivity contribution in [2.24, 2.45) is 4.99 Å². The molecule has 0 fully saturated rings. The van der Waals surface area contributed by atoms with Crippen LogP contribution >= 0.6 is 0 Å². The van der Waals surface area contributed by atoms with Gasteiger partial charge in [-0.1, -0.05) is 12.1 Å². The highest BCUT2D eigenvalue weighted by atomic mass is 19.1. The molecule has 1 heterocycles. The number of halogens is 1. The van der Waals surface area contributed by atoms with Gasteiger partial charge in [0, 0.05) is 6.20 Å². The number of rotatable bonds is 5. The molecule has 0 aliphatic rings. The lowest BCUT2D eigenvalue weighted by Gasteiger charge is -2.16. The number of ether oxygens (including phenoxy) is 1. The fraction of sp³-hybridized carbons (Fsp3) is 0.300. The molecule has 7 heteroatoms. The molecule has 0 spiro atoms. The van der Waals surface area contributed by atoms with Gasteiger partial charge in [0.1, 0.15) is 17.7 Å². The third-order valence-corrected chi connectivity index (χ3v) is 3.58. The predicted molar refractivity (Wildman–Crippen MR) is 103 cm³/mol. The quantitative estimate of drug-likeness (QED) is 0.499. The van der Waals surface area contributed by atoms with Gasteiger partial charge >= 0.3 is 0 Å². The molecule has 0 radical (unpaired) electrons. The average Bonchev–Trinajstić information content (AvgIpc) is 2.63. The zero-order valence-corrected chi connectivity index (χ0v) is 15.9. The van der Waals surface area contributed by atoms with Crippen LogP contribution in [0.15, 0.2) is 35.5 Å². The van der Waals surface area contributed by atoms with Gasteiger partial charge < -0.3 is 10.1 Å². The molecule has 1 amide bonds. The van der Waals surface area contributed by atoms with E-state index >= 15 is 0 Å². The van der Waals surface area contributed by atoms with Crippen molar-refractivity contribution in [1.29, 1.82) is 0 Å². The minimum Gasteiger partial charge on any atom is -0.483 e. The summed E-state index contributed by atoms with van der Waals surface area (Å²) in [5.74, 6) is 0.336. The Bertz CT molecular complexity index is 834. The molecular weight excluding hydrogens is 347 g/mol. The summed E-state index contributed by atoms with van der Waals surface area (Å²) in [5, 5.41) is 2.81. The Morgan fingerprint density at radius 3 is 2.67 bits per heavy atom. The fourth-order valence-electron chi connectivity index (χ4n) is 2.33. The van der Waals surface area contributed by atoms with Crippen LogP contribution in [-0.2, 0) is 11.3 Å². The van der Waals surface area contributed by atoms with E-state index < -0.39 is 6.04 Å². The van der Waals surface area contributed by atoms with Gasteiger partial charge in [-0.15, -0.1) is 12.8 Å². The molecule has 0 bridgehead atoms. The zero-order chi connectivity index (χ0) is 20.4. The second-order valence-corrected chi connectivity index (χ2v) is 5.60. The molecule has 27 heavy (non-hydrogen) atoms. The van der Waals surface area contributed by atoms with E-state index in [1.807, 2.05) is 0 Å². The molecule has 1 atom stereocenters. The Kier molecular flexibility index (Phi) is 8.60. The highest BCUT2D eigenvalue weighted by molar-refractivity contribution is 5.97. The van der Waals surface area contributed by atoms with E-state index in [4.69, 9.17) is 4.74 Å². The lowest BCUT2D eigenvalue weighted by atomic mass is 10.2. The first-order chi connectivity index (χ1) is 12.9. The summed E-state index contributed by atoms with van der Waals surface area (Å²) in [5.41, 5.74) is 1.72. The number of terminal acetylenes is 1. The van der Waals surface area contributed by atoms with E-state index in [0.29, 0.717) is 23.0 Å². The second-order valence-electron chi connectivity index (χ2n) is 5.60. The molecule has 6 nitrogen and oxygen atoms in total. The smallest absolute Gasteiger partial charge is 0.255 e. The molecule has 0 aliphatic heterocycles. The maximum atomic E-state index is 13.2. The van der Waals surface area contributed by atoms with Crippen LogP contribution in [0.5, 0.6) is 0 Å². The number of aromatic nitrogens is 2. The van der Waals surface area contributed by atoms with Crippen LogP contribution < -0.4 is 5.32 Å². The van der Waals surface area contributed by atoms with Crippen LogP contribution in [0.1, 0.15) is 34.4 Å². The van der Waals surface area contributed by atoms with Crippen LogP contribution in [-0.4, -0.2) is 34.9 Å². The third-order valence-electron chi connectivity index (χ3n) is 3.58.